The van der Waals surface area contributed by atoms with Gasteiger partial charge in [-0.05, 0) is 87.5 Å². The number of nitrogens with one attached hydrogen (secondary N) is 1. The van der Waals surface area contributed by atoms with Gasteiger partial charge in [-0.25, -0.2) is 4.68 Å². The number of amides is 1. The molecule has 0 unspecified atom stereocenters. The number of aromatic nitrogens is 4. The minimum absolute atomic E-state index is 0.216. The van der Waals surface area contributed by atoms with Crippen molar-refractivity contribution >= 4 is 5.91 Å². The van der Waals surface area contributed by atoms with Crippen LogP contribution < -0.4 is 5.32 Å². The fraction of sp³-hybridized carbons (Fsp3) is 0.429. The Balaban J connectivity index is 1.48. The number of allylic oxidation sites excluding steroid dienone is 1. The Morgan fingerprint density at radius 1 is 1.26 bits per heavy atom. The van der Waals surface area contributed by atoms with Gasteiger partial charge < -0.3 is 10.2 Å². The predicted octanol–water partition coefficient (Wildman–Crippen LogP) is 5.05. The summed E-state index contributed by atoms with van der Waals surface area (Å²) in [5, 5.41) is 11.1. The molecule has 1 amide bonds. The van der Waals surface area contributed by atoms with Crippen LogP contribution in [0.2, 0.25) is 0 Å². The second-order valence-electron chi connectivity index (χ2n) is 10.3. The molecule has 1 saturated heterocycles. The minimum Gasteiger partial charge on any atom is -0.377 e. The van der Waals surface area contributed by atoms with E-state index >= 15 is 0 Å². The maximum Gasteiger partial charge on any atom is 0.273 e. The maximum atomic E-state index is 12.6. The van der Waals surface area contributed by atoms with Crippen molar-refractivity contribution in [1.29, 1.82) is 0 Å². The van der Waals surface area contributed by atoms with Gasteiger partial charge in [0.1, 0.15) is 0 Å². The molecular formula is C28H36N6O. The zero-order chi connectivity index (χ0) is 25.0. The molecule has 0 bridgehead atoms. The molecule has 35 heavy (non-hydrogen) atoms. The summed E-state index contributed by atoms with van der Waals surface area (Å²) in [5.41, 5.74) is 6.07. The Bertz CT molecular complexity index is 1210. The van der Waals surface area contributed by atoms with Gasteiger partial charge in [-0.1, -0.05) is 29.5 Å². The highest BCUT2D eigenvalue weighted by Gasteiger charge is 2.23. The van der Waals surface area contributed by atoms with Crippen molar-refractivity contribution in [1.82, 2.24) is 30.2 Å². The van der Waals surface area contributed by atoms with Crippen molar-refractivity contribution in [3.8, 4) is 11.1 Å². The number of carbonyl (C=O) groups is 1. The molecule has 2 aromatic heterocycles. The number of likely N-dealkylation sites (tertiary alicyclic amines) is 1. The highest BCUT2D eigenvalue weighted by molar-refractivity contribution is 5.91. The summed E-state index contributed by atoms with van der Waals surface area (Å²) in [5.74, 6) is 0.243. The largest absolute Gasteiger partial charge is 0.377 e. The normalized spacial score (nSPS) is 16.6. The van der Waals surface area contributed by atoms with Gasteiger partial charge in [-0.3, -0.25) is 9.78 Å². The lowest BCUT2D eigenvalue weighted by Crippen LogP contribution is -2.30. The molecule has 7 heteroatoms. The molecule has 0 saturated carbocycles. The van der Waals surface area contributed by atoms with Crippen LogP contribution in [0.15, 0.2) is 55.1 Å². The number of pyridine rings is 1. The number of nitrogens with zero attached hydrogens (tertiary/aromatic N) is 5. The third kappa shape index (κ3) is 5.78. The highest BCUT2D eigenvalue weighted by atomic mass is 16.2. The van der Waals surface area contributed by atoms with E-state index in [0.29, 0.717) is 18.2 Å². The molecule has 1 N–H and O–H groups in total. The molecule has 0 radical (unpaired) electrons. The molecular weight excluding hydrogens is 436 g/mol. The highest BCUT2D eigenvalue weighted by Crippen LogP contribution is 2.34. The van der Waals surface area contributed by atoms with Crippen LogP contribution in [0.25, 0.3) is 11.1 Å². The fourth-order valence-corrected chi connectivity index (χ4v) is 4.62. The third-order valence-electron chi connectivity index (χ3n) is 6.61. The van der Waals surface area contributed by atoms with Crippen LogP contribution >= 0.6 is 0 Å². The van der Waals surface area contributed by atoms with Crippen molar-refractivity contribution in [2.45, 2.75) is 65.5 Å². The molecule has 3 heterocycles. The number of benzene rings is 1. The smallest absolute Gasteiger partial charge is 0.273 e. The molecule has 1 fully saturated rings. The van der Waals surface area contributed by atoms with Crippen molar-refractivity contribution < 1.29 is 4.79 Å². The van der Waals surface area contributed by atoms with Crippen molar-refractivity contribution in [3.05, 3.63) is 77.5 Å². The van der Waals surface area contributed by atoms with Gasteiger partial charge in [0, 0.05) is 37.9 Å². The van der Waals surface area contributed by atoms with Crippen LogP contribution in [0.1, 0.15) is 73.6 Å². The molecule has 184 valence electrons. The van der Waals surface area contributed by atoms with E-state index in [-0.39, 0.29) is 11.4 Å². The fourth-order valence-electron chi connectivity index (χ4n) is 4.62. The summed E-state index contributed by atoms with van der Waals surface area (Å²) < 4.78 is 1.71. The summed E-state index contributed by atoms with van der Waals surface area (Å²) in [6.07, 6.45) is 12.3. The van der Waals surface area contributed by atoms with Gasteiger partial charge in [-0.15, -0.1) is 5.10 Å². The zero-order valence-corrected chi connectivity index (χ0v) is 21.5. The van der Waals surface area contributed by atoms with E-state index < -0.39 is 0 Å². The van der Waals surface area contributed by atoms with Gasteiger partial charge in [0.15, 0.2) is 5.69 Å². The van der Waals surface area contributed by atoms with Crippen LogP contribution in [0.3, 0.4) is 0 Å². The number of hydrogen-bond donors (Lipinski definition) is 1. The second-order valence-corrected chi connectivity index (χ2v) is 10.3. The Morgan fingerprint density at radius 2 is 2.09 bits per heavy atom. The Kier molecular flexibility index (Phi) is 7.34. The molecule has 1 aliphatic rings. The number of carbonyl (C=O) groups excluding carboxylic acids is 1. The number of piperidine rings is 1. The summed E-state index contributed by atoms with van der Waals surface area (Å²) >= 11 is 0. The van der Waals surface area contributed by atoms with E-state index in [1.807, 2.05) is 33.2 Å². The van der Waals surface area contributed by atoms with E-state index in [0.717, 1.165) is 24.2 Å². The lowest BCUT2D eigenvalue weighted by Gasteiger charge is -2.33. The minimum atomic E-state index is -0.219. The van der Waals surface area contributed by atoms with Gasteiger partial charge >= 0.3 is 0 Å². The number of hydrogen-bond acceptors (Lipinski definition) is 5. The van der Waals surface area contributed by atoms with Crippen LogP contribution in [0, 0.1) is 6.92 Å². The third-order valence-corrected chi connectivity index (χ3v) is 6.61. The van der Waals surface area contributed by atoms with E-state index in [2.05, 4.69) is 75.9 Å². The topological polar surface area (TPSA) is 75.9 Å². The summed E-state index contributed by atoms with van der Waals surface area (Å²) in [4.78, 5) is 19.5. The first kappa shape index (κ1) is 24.6. The van der Waals surface area contributed by atoms with E-state index in [1.165, 1.54) is 29.5 Å². The average Bonchev–Trinajstić information content (AvgIpc) is 3.35. The van der Waals surface area contributed by atoms with Crippen LogP contribution in [-0.4, -0.2) is 43.9 Å². The monoisotopic (exact) mass is 472 g/mol. The quantitative estimate of drug-likeness (QED) is 0.544. The molecule has 0 aliphatic carbocycles. The number of rotatable bonds is 6. The van der Waals surface area contributed by atoms with Crippen LogP contribution in [-0.2, 0) is 12.1 Å². The number of aryl methyl sites for hydroxylation is 1. The van der Waals surface area contributed by atoms with Crippen molar-refractivity contribution in [3.63, 3.8) is 0 Å². The Labute approximate surface area is 208 Å². The van der Waals surface area contributed by atoms with Gasteiger partial charge in [-0.2, -0.15) is 0 Å². The standard InChI is InChI=1S/C28H36N6O/c1-6-13-33-14-7-8-23(18-33)25-17-29-12-11-24(25)21-9-10-22(20(2)15-21)16-30-27(35)26-19-34(32-31-26)28(3,4)5/h6,9-13,15,17,19,23H,7-8,14,16,18H2,1-5H3,(H,30,35)/t23-/m0/s1. The van der Waals surface area contributed by atoms with Crippen molar-refractivity contribution in [2.24, 2.45) is 0 Å². The Morgan fingerprint density at radius 3 is 2.80 bits per heavy atom. The molecule has 7 nitrogen and oxygen atoms in total. The summed E-state index contributed by atoms with van der Waals surface area (Å²) in [6, 6.07) is 8.59. The predicted molar refractivity (Wildman–Crippen MR) is 139 cm³/mol. The van der Waals surface area contributed by atoms with Crippen LogP contribution in [0.4, 0.5) is 0 Å². The lowest BCUT2D eigenvalue weighted by atomic mass is 9.86. The molecule has 1 aromatic carbocycles. The molecule has 4 rings (SSSR count). The first-order valence-electron chi connectivity index (χ1n) is 12.4. The zero-order valence-electron chi connectivity index (χ0n) is 21.5. The van der Waals surface area contributed by atoms with E-state index in [9.17, 15) is 4.79 Å². The van der Waals surface area contributed by atoms with Gasteiger partial charge in [0.25, 0.3) is 5.91 Å². The van der Waals surface area contributed by atoms with Gasteiger partial charge in [0.2, 0.25) is 0 Å². The van der Waals surface area contributed by atoms with E-state index in [4.69, 9.17) is 0 Å². The average molecular weight is 473 g/mol. The van der Waals surface area contributed by atoms with Gasteiger partial charge in [0.05, 0.1) is 11.7 Å². The molecule has 1 atom stereocenters. The molecule has 1 aliphatic heterocycles. The first-order chi connectivity index (χ1) is 16.8. The summed E-state index contributed by atoms with van der Waals surface area (Å²) in [6.45, 7) is 12.8. The molecule has 0 spiro atoms. The van der Waals surface area contributed by atoms with E-state index in [1.54, 1.807) is 10.9 Å². The molecule has 3 aromatic rings. The van der Waals surface area contributed by atoms with Crippen LogP contribution in [0.5, 0.6) is 0 Å². The SMILES string of the molecule is CC=CN1CCC[C@H](c2cnccc2-c2ccc(CNC(=O)c3cn(C(C)(C)C)nn3)c(C)c2)C1. The maximum absolute atomic E-state index is 12.6. The van der Waals surface area contributed by atoms with Crippen molar-refractivity contribution in [2.75, 3.05) is 13.1 Å². The summed E-state index contributed by atoms with van der Waals surface area (Å²) in [7, 11) is 0. The lowest BCUT2D eigenvalue weighted by molar-refractivity contribution is 0.0945. The second kappa shape index (κ2) is 10.4. The Hall–Kier alpha value is -3.48. The first-order valence-corrected chi connectivity index (χ1v) is 12.4.